The predicted octanol–water partition coefficient (Wildman–Crippen LogP) is 3.80. The maximum Gasteiger partial charge on any atom is 0.169 e. The Morgan fingerprint density at radius 3 is 2.58 bits per heavy atom. The number of hydrogen-bond donors (Lipinski definition) is 1. The molecule has 0 aliphatic carbocycles. The summed E-state index contributed by atoms with van der Waals surface area (Å²) >= 11 is 3.37. The molecule has 1 atom stereocenters. The van der Waals surface area contributed by atoms with Gasteiger partial charge in [0.25, 0.3) is 0 Å². The number of allylic oxidation sites excluding steroid dienone is 1. The average molecular weight is 372 g/mol. The van der Waals surface area contributed by atoms with Crippen LogP contribution in [-0.2, 0) is 0 Å². The van der Waals surface area contributed by atoms with Gasteiger partial charge in [-0.15, -0.1) is 31.4 Å². The molecule has 1 aliphatic rings. The lowest BCUT2D eigenvalue weighted by Gasteiger charge is -2.33. The van der Waals surface area contributed by atoms with E-state index in [1.54, 1.807) is 0 Å². The van der Waals surface area contributed by atoms with Crippen LogP contribution in [0.4, 0.5) is 0 Å². The van der Waals surface area contributed by atoms with E-state index in [2.05, 4.69) is 38.8 Å². The summed E-state index contributed by atoms with van der Waals surface area (Å²) < 4.78 is 6.53. The number of halogens is 3. The molecule has 0 aromatic carbocycles. The average Bonchev–Trinajstić information content (AvgIpc) is 2.78. The molecule has 1 fully saturated rings. The third kappa shape index (κ3) is 5.48. The second-order valence-corrected chi connectivity index (χ2v) is 5.09. The minimum atomic E-state index is 0. The molecule has 0 radical (unpaired) electrons. The number of rotatable bonds is 5. The lowest BCUT2D eigenvalue weighted by atomic mass is 10.1. The number of piperazine rings is 1. The topological polar surface area (TPSA) is 28.4 Å². The van der Waals surface area contributed by atoms with E-state index in [0.29, 0.717) is 6.04 Å². The van der Waals surface area contributed by atoms with Gasteiger partial charge >= 0.3 is 0 Å². The van der Waals surface area contributed by atoms with Gasteiger partial charge in [-0.25, -0.2) is 0 Å². The molecule has 1 aromatic heterocycles. The van der Waals surface area contributed by atoms with Crippen LogP contribution in [0.15, 0.2) is 33.9 Å². The van der Waals surface area contributed by atoms with Crippen LogP contribution >= 0.6 is 40.7 Å². The number of furan rings is 1. The zero-order chi connectivity index (χ0) is 12.1. The van der Waals surface area contributed by atoms with Gasteiger partial charge in [-0.2, -0.15) is 0 Å². The second-order valence-electron chi connectivity index (χ2n) is 4.31. The van der Waals surface area contributed by atoms with E-state index in [1.165, 1.54) is 0 Å². The normalized spacial score (nSPS) is 17.1. The van der Waals surface area contributed by atoms with Gasteiger partial charge in [-0.3, -0.25) is 4.90 Å². The van der Waals surface area contributed by atoms with E-state index in [0.717, 1.165) is 49.5 Å². The highest BCUT2D eigenvalue weighted by Crippen LogP contribution is 2.29. The molecule has 1 saturated heterocycles. The zero-order valence-corrected chi connectivity index (χ0v) is 14.0. The highest BCUT2D eigenvalue weighted by molar-refractivity contribution is 9.10. The first kappa shape index (κ1) is 19.0. The first-order valence-electron chi connectivity index (χ1n) is 6.12. The fraction of sp³-hybridized carbons (Fsp3) is 0.538. The smallest absolute Gasteiger partial charge is 0.169 e. The van der Waals surface area contributed by atoms with Gasteiger partial charge < -0.3 is 9.73 Å². The first-order valence-corrected chi connectivity index (χ1v) is 6.91. The molecule has 2 rings (SSSR count). The summed E-state index contributed by atoms with van der Waals surface area (Å²) in [7, 11) is 0. The Kier molecular flexibility index (Phi) is 9.83. The lowest BCUT2D eigenvalue weighted by Crippen LogP contribution is -2.45. The quantitative estimate of drug-likeness (QED) is 0.798. The van der Waals surface area contributed by atoms with Crippen LogP contribution in [-0.4, -0.2) is 31.1 Å². The zero-order valence-electron chi connectivity index (χ0n) is 10.8. The summed E-state index contributed by atoms with van der Waals surface area (Å²) in [6, 6.07) is 4.42. The summed E-state index contributed by atoms with van der Waals surface area (Å²) in [6.07, 6.45) is 4.07. The maximum absolute atomic E-state index is 5.72. The fourth-order valence-electron chi connectivity index (χ4n) is 2.28. The highest BCUT2D eigenvalue weighted by atomic mass is 79.9. The molecular formula is C13H21BrCl2N2O. The molecular weight excluding hydrogens is 351 g/mol. The predicted molar refractivity (Wildman–Crippen MR) is 87.5 cm³/mol. The van der Waals surface area contributed by atoms with Crippen molar-refractivity contribution in [2.24, 2.45) is 0 Å². The fourth-order valence-corrected chi connectivity index (χ4v) is 2.60. The van der Waals surface area contributed by atoms with Crippen molar-refractivity contribution in [3.8, 4) is 0 Å². The summed E-state index contributed by atoms with van der Waals surface area (Å²) in [5.74, 6) is 1.06. The molecule has 19 heavy (non-hydrogen) atoms. The van der Waals surface area contributed by atoms with Crippen molar-refractivity contribution in [3.63, 3.8) is 0 Å². The Balaban J connectivity index is 0.00000162. The molecule has 1 N–H and O–H groups in total. The standard InChI is InChI=1S/C13H19BrN2O.2ClH/c1-2-3-4-11(12-5-6-13(14)17-12)16-9-7-15-8-10-16;;/h2,5-6,11,15H,1,3-4,7-10H2;2*1H/t11-;;/m1../s1. The molecule has 0 saturated carbocycles. The van der Waals surface area contributed by atoms with E-state index >= 15 is 0 Å². The van der Waals surface area contributed by atoms with Crippen molar-refractivity contribution < 1.29 is 4.42 Å². The second kappa shape index (κ2) is 9.83. The van der Waals surface area contributed by atoms with Gasteiger partial charge in [-0.05, 0) is 40.9 Å². The molecule has 0 spiro atoms. The third-order valence-electron chi connectivity index (χ3n) is 3.16. The SMILES string of the molecule is C=CCC[C@H](c1ccc(Br)o1)N1CCNCC1.Cl.Cl. The van der Waals surface area contributed by atoms with Crippen molar-refractivity contribution in [2.75, 3.05) is 26.2 Å². The van der Waals surface area contributed by atoms with Crippen molar-refractivity contribution in [1.82, 2.24) is 10.2 Å². The van der Waals surface area contributed by atoms with Gasteiger partial charge in [0.1, 0.15) is 5.76 Å². The number of nitrogens with zero attached hydrogens (tertiary/aromatic N) is 1. The van der Waals surface area contributed by atoms with Crippen molar-refractivity contribution in [1.29, 1.82) is 0 Å². The summed E-state index contributed by atoms with van der Waals surface area (Å²) in [6.45, 7) is 8.10. The van der Waals surface area contributed by atoms with Crippen molar-refractivity contribution >= 4 is 40.7 Å². The van der Waals surface area contributed by atoms with Crippen LogP contribution in [0.1, 0.15) is 24.6 Å². The van der Waals surface area contributed by atoms with Crippen molar-refractivity contribution in [2.45, 2.75) is 18.9 Å². The summed E-state index contributed by atoms with van der Waals surface area (Å²) in [5.41, 5.74) is 0. The monoisotopic (exact) mass is 370 g/mol. The Labute approximate surface area is 135 Å². The summed E-state index contributed by atoms with van der Waals surface area (Å²) in [4.78, 5) is 2.49. The minimum Gasteiger partial charge on any atom is -0.453 e. The van der Waals surface area contributed by atoms with Gasteiger partial charge in [0.15, 0.2) is 4.67 Å². The summed E-state index contributed by atoms with van der Waals surface area (Å²) in [5, 5.41) is 3.38. The molecule has 6 heteroatoms. The van der Waals surface area contributed by atoms with Crippen LogP contribution in [0.5, 0.6) is 0 Å². The molecule has 3 nitrogen and oxygen atoms in total. The lowest BCUT2D eigenvalue weighted by molar-refractivity contribution is 0.146. The Morgan fingerprint density at radius 2 is 2.05 bits per heavy atom. The largest absolute Gasteiger partial charge is 0.453 e. The number of hydrogen-bond acceptors (Lipinski definition) is 3. The van der Waals surface area contributed by atoms with Crippen LogP contribution in [0.25, 0.3) is 0 Å². The first-order chi connectivity index (χ1) is 8.31. The Hall–Kier alpha value is -0.000000000000000111. The van der Waals surface area contributed by atoms with Crippen LogP contribution in [0, 0.1) is 0 Å². The van der Waals surface area contributed by atoms with Crippen LogP contribution in [0.3, 0.4) is 0 Å². The molecule has 0 bridgehead atoms. The van der Waals surface area contributed by atoms with Gasteiger partial charge in [0.2, 0.25) is 0 Å². The Morgan fingerprint density at radius 1 is 1.37 bits per heavy atom. The molecule has 0 unspecified atom stereocenters. The van der Waals surface area contributed by atoms with Crippen LogP contribution < -0.4 is 5.32 Å². The molecule has 1 aliphatic heterocycles. The molecule has 1 aromatic rings. The van der Waals surface area contributed by atoms with Gasteiger partial charge in [0, 0.05) is 26.2 Å². The number of nitrogens with one attached hydrogen (secondary N) is 1. The third-order valence-corrected chi connectivity index (χ3v) is 3.59. The molecule has 0 amide bonds. The minimum absolute atomic E-state index is 0. The Bertz CT molecular complexity index is 367. The van der Waals surface area contributed by atoms with Crippen LogP contribution in [0.2, 0.25) is 0 Å². The van der Waals surface area contributed by atoms with E-state index in [4.69, 9.17) is 4.42 Å². The van der Waals surface area contributed by atoms with Gasteiger partial charge in [-0.1, -0.05) is 6.08 Å². The molecule has 2 heterocycles. The van der Waals surface area contributed by atoms with Crippen molar-refractivity contribution in [3.05, 3.63) is 35.2 Å². The van der Waals surface area contributed by atoms with E-state index in [-0.39, 0.29) is 24.8 Å². The van der Waals surface area contributed by atoms with Gasteiger partial charge in [0.05, 0.1) is 6.04 Å². The highest BCUT2D eigenvalue weighted by Gasteiger charge is 2.23. The van der Waals surface area contributed by atoms with E-state index in [1.807, 2.05) is 12.1 Å². The maximum atomic E-state index is 5.72. The molecule has 110 valence electrons. The van der Waals surface area contributed by atoms with E-state index < -0.39 is 0 Å². The van der Waals surface area contributed by atoms with E-state index in [9.17, 15) is 0 Å².